The molecule has 0 aliphatic heterocycles. The summed E-state index contributed by atoms with van der Waals surface area (Å²) >= 11 is 0. The minimum atomic E-state index is -0.537. The van der Waals surface area contributed by atoms with Gasteiger partial charge < -0.3 is 10.6 Å². The Morgan fingerprint density at radius 3 is 1.68 bits per heavy atom. The Morgan fingerprint density at radius 1 is 0.763 bits per heavy atom. The van der Waals surface area contributed by atoms with Crippen molar-refractivity contribution in [2.24, 2.45) is 0 Å². The number of nitro benzene ring substituents is 2. The van der Waals surface area contributed by atoms with Crippen LogP contribution in [0.1, 0.15) is 37.8 Å². The lowest BCUT2D eigenvalue weighted by Gasteiger charge is -2.19. The summed E-state index contributed by atoms with van der Waals surface area (Å²) in [6.07, 6.45) is 3.13. The molecular weight excluding hydrogens is 496 g/mol. The van der Waals surface area contributed by atoms with Gasteiger partial charge in [-0.05, 0) is 87.4 Å². The van der Waals surface area contributed by atoms with E-state index in [-0.39, 0.29) is 44.8 Å². The molecular formula is C24H22N8O6. The summed E-state index contributed by atoms with van der Waals surface area (Å²) in [4.78, 5) is 22.8. The molecule has 5 rings (SSSR count). The molecule has 0 aliphatic rings. The summed E-state index contributed by atoms with van der Waals surface area (Å²) in [5, 5.41) is 45.1. The zero-order chi connectivity index (χ0) is 26.8. The first-order valence-electron chi connectivity index (χ1n) is 11.9. The van der Waals surface area contributed by atoms with Crippen LogP contribution in [0.15, 0.2) is 45.7 Å². The molecule has 0 bridgehead atoms. The molecule has 5 aromatic rings. The molecule has 0 unspecified atom stereocenters. The van der Waals surface area contributed by atoms with Crippen LogP contribution in [-0.2, 0) is 12.8 Å². The van der Waals surface area contributed by atoms with E-state index < -0.39 is 9.85 Å². The molecule has 0 amide bonds. The summed E-state index contributed by atoms with van der Waals surface area (Å²) in [7, 11) is 0. The zero-order valence-corrected chi connectivity index (χ0v) is 20.4. The van der Waals surface area contributed by atoms with Crippen LogP contribution in [0.3, 0.4) is 0 Å². The largest absolute Gasteiger partial charge is 0.350 e. The number of aryl methyl sites for hydroxylation is 1. The van der Waals surface area contributed by atoms with E-state index in [0.717, 1.165) is 30.4 Å². The highest BCUT2D eigenvalue weighted by Gasteiger charge is 2.26. The number of rotatable bonds is 10. The number of unbranched alkanes of at least 4 members (excludes halogenated alkanes) is 1. The smallest absolute Gasteiger partial charge is 0.323 e. The van der Waals surface area contributed by atoms with Crippen molar-refractivity contribution in [2.75, 3.05) is 10.6 Å². The van der Waals surface area contributed by atoms with E-state index in [1.54, 1.807) is 24.3 Å². The summed E-state index contributed by atoms with van der Waals surface area (Å²) in [6.45, 7) is 4.00. The van der Waals surface area contributed by atoms with Gasteiger partial charge in [0.15, 0.2) is 0 Å². The quantitative estimate of drug-likeness (QED) is 0.163. The maximum atomic E-state index is 11.9. The van der Waals surface area contributed by atoms with Gasteiger partial charge in [0.25, 0.3) is 0 Å². The number of hydrogen-bond donors (Lipinski definition) is 2. The van der Waals surface area contributed by atoms with Crippen LogP contribution in [0, 0.1) is 20.2 Å². The summed E-state index contributed by atoms with van der Waals surface area (Å²) < 4.78 is 9.39. The number of fused-ring (bicyclic) bond motifs is 2. The monoisotopic (exact) mass is 518 g/mol. The number of nitrogens with one attached hydrogen (secondary N) is 2. The standard InChI is InChI=1S/C24H22N8O6/c1-3-5-6-13-11-19(25-17-9-7-15-21(29-37-27-15)23(17)31(33)34)14(4-2)20(12-13)26-18-10-8-16-22(30-38-28-16)24(18)32(35)36/h7-12,25-26H,3-6H2,1-2H3. The first kappa shape index (κ1) is 24.5. The molecule has 14 nitrogen and oxygen atoms in total. The first-order valence-corrected chi connectivity index (χ1v) is 11.9. The van der Waals surface area contributed by atoms with Crippen molar-refractivity contribution in [3.8, 4) is 0 Å². The van der Waals surface area contributed by atoms with E-state index in [4.69, 9.17) is 9.26 Å². The van der Waals surface area contributed by atoms with Gasteiger partial charge in [-0.2, -0.15) is 0 Å². The van der Waals surface area contributed by atoms with Crippen LogP contribution in [0.2, 0.25) is 0 Å². The van der Waals surface area contributed by atoms with Gasteiger partial charge in [-0.3, -0.25) is 20.2 Å². The highest BCUT2D eigenvalue weighted by Crippen LogP contribution is 2.39. The second-order valence-electron chi connectivity index (χ2n) is 8.58. The summed E-state index contributed by atoms with van der Waals surface area (Å²) in [5.74, 6) is 0. The molecule has 0 radical (unpaired) electrons. The number of aromatic nitrogens is 4. The fourth-order valence-corrected chi connectivity index (χ4v) is 4.40. The number of benzene rings is 3. The first-order chi connectivity index (χ1) is 18.4. The van der Waals surface area contributed by atoms with Gasteiger partial charge in [-0.15, -0.1) is 0 Å². The molecule has 0 spiro atoms. The van der Waals surface area contributed by atoms with E-state index in [0.29, 0.717) is 17.8 Å². The molecule has 194 valence electrons. The van der Waals surface area contributed by atoms with Crippen LogP contribution >= 0.6 is 0 Å². The Labute approximate surface area is 214 Å². The molecule has 0 aliphatic carbocycles. The lowest BCUT2D eigenvalue weighted by molar-refractivity contribution is -0.382. The molecule has 0 atom stereocenters. The van der Waals surface area contributed by atoms with Crippen molar-refractivity contribution >= 4 is 56.2 Å². The van der Waals surface area contributed by atoms with E-state index in [2.05, 4.69) is 38.2 Å². The van der Waals surface area contributed by atoms with Crippen molar-refractivity contribution in [2.45, 2.75) is 39.5 Å². The third kappa shape index (κ3) is 4.42. The summed E-state index contributed by atoms with van der Waals surface area (Å²) in [6, 6.07) is 10.1. The minimum Gasteiger partial charge on any atom is -0.350 e. The van der Waals surface area contributed by atoms with Crippen molar-refractivity contribution in [3.05, 3.63) is 67.8 Å². The molecule has 2 N–H and O–H groups in total. The highest BCUT2D eigenvalue weighted by molar-refractivity contribution is 5.94. The Morgan fingerprint density at radius 2 is 1.26 bits per heavy atom. The third-order valence-corrected chi connectivity index (χ3v) is 6.19. The van der Waals surface area contributed by atoms with Gasteiger partial charge in [-0.25, -0.2) is 9.26 Å². The SMILES string of the molecule is CCCCc1cc(Nc2ccc3nonc3c2[N+](=O)[O-])c(CC)c(Nc2ccc3nonc3c2[N+](=O)[O-])c1. The molecule has 3 aromatic carbocycles. The van der Waals surface area contributed by atoms with Crippen molar-refractivity contribution in [1.29, 1.82) is 0 Å². The van der Waals surface area contributed by atoms with Crippen molar-refractivity contribution in [1.82, 2.24) is 20.6 Å². The second-order valence-corrected chi connectivity index (χ2v) is 8.58. The van der Waals surface area contributed by atoms with E-state index in [1.807, 2.05) is 19.1 Å². The van der Waals surface area contributed by atoms with Gasteiger partial charge >= 0.3 is 11.4 Å². The molecule has 14 heteroatoms. The van der Waals surface area contributed by atoms with Crippen molar-refractivity contribution in [3.63, 3.8) is 0 Å². The lowest BCUT2D eigenvalue weighted by atomic mass is 9.99. The van der Waals surface area contributed by atoms with Crippen LogP contribution in [0.4, 0.5) is 34.1 Å². The van der Waals surface area contributed by atoms with Gasteiger partial charge in [-0.1, -0.05) is 20.3 Å². The number of anilines is 4. The maximum Gasteiger partial charge on any atom is 0.323 e. The Hall–Kier alpha value is -5.14. The maximum absolute atomic E-state index is 11.9. The Balaban J connectivity index is 1.64. The van der Waals surface area contributed by atoms with E-state index in [9.17, 15) is 20.2 Å². The fraction of sp³-hybridized carbons (Fsp3) is 0.250. The zero-order valence-electron chi connectivity index (χ0n) is 20.4. The van der Waals surface area contributed by atoms with Crippen LogP contribution < -0.4 is 10.6 Å². The van der Waals surface area contributed by atoms with Gasteiger partial charge in [0.05, 0.1) is 9.85 Å². The summed E-state index contributed by atoms with van der Waals surface area (Å²) in [5.41, 5.74) is 3.46. The highest BCUT2D eigenvalue weighted by atomic mass is 16.6. The molecule has 0 fully saturated rings. The van der Waals surface area contributed by atoms with Gasteiger partial charge in [0.2, 0.25) is 11.0 Å². The predicted octanol–water partition coefficient (Wildman–Crippen LogP) is 5.97. The van der Waals surface area contributed by atoms with E-state index >= 15 is 0 Å². The van der Waals surface area contributed by atoms with Crippen LogP contribution in [0.5, 0.6) is 0 Å². The normalized spacial score (nSPS) is 11.2. The molecule has 2 aromatic heterocycles. The molecule has 0 saturated carbocycles. The predicted molar refractivity (Wildman–Crippen MR) is 138 cm³/mol. The Bertz CT molecular complexity index is 1560. The van der Waals surface area contributed by atoms with Crippen LogP contribution in [0.25, 0.3) is 22.1 Å². The van der Waals surface area contributed by atoms with E-state index in [1.165, 1.54) is 0 Å². The van der Waals surface area contributed by atoms with Crippen molar-refractivity contribution < 1.29 is 19.1 Å². The van der Waals surface area contributed by atoms with Gasteiger partial charge in [0, 0.05) is 11.4 Å². The topological polar surface area (TPSA) is 188 Å². The number of nitro groups is 2. The number of hydrogen-bond acceptors (Lipinski definition) is 12. The third-order valence-electron chi connectivity index (χ3n) is 6.19. The Kier molecular flexibility index (Phi) is 6.51. The van der Waals surface area contributed by atoms with Gasteiger partial charge in [0.1, 0.15) is 22.4 Å². The molecule has 0 saturated heterocycles. The van der Waals surface area contributed by atoms with Crippen LogP contribution in [-0.4, -0.2) is 30.5 Å². The second kappa shape index (κ2) is 10.1. The number of nitrogens with zero attached hydrogens (tertiary/aromatic N) is 6. The molecule has 2 heterocycles. The lowest BCUT2D eigenvalue weighted by Crippen LogP contribution is -2.06. The fourth-order valence-electron chi connectivity index (χ4n) is 4.40. The minimum absolute atomic E-state index is 0.0312. The average molecular weight is 518 g/mol. The average Bonchev–Trinajstić information content (AvgIpc) is 3.56. The molecule has 38 heavy (non-hydrogen) atoms.